The molecule has 2 rings (SSSR count). The van der Waals surface area contributed by atoms with Gasteiger partial charge in [-0.05, 0) is 49.1 Å². The van der Waals surface area contributed by atoms with Crippen molar-refractivity contribution in [1.29, 1.82) is 0 Å². The molecular formula is C16H16BrF. The van der Waals surface area contributed by atoms with E-state index in [-0.39, 0.29) is 10.6 Å². The van der Waals surface area contributed by atoms with Gasteiger partial charge in [-0.25, -0.2) is 4.39 Å². The Bertz CT molecular complexity index is 531. The summed E-state index contributed by atoms with van der Waals surface area (Å²) in [5.41, 5.74) is 5.01. The van der Waals surface area contributed by atoms with Crippen LogP contribution in [0, 0.1) is 19.7 Å². The van der Waals surface area contributed by atoms with E-state index >= 15 is 0 Å². The van der Waals surface area contributed by atoms with Crippen molar-refractivity contribution in [2.24, 2.45) is 0 Å². The fourth-order valence-electron chi connectivity index (χ4n) is 2.00. The zero-order valence-electron chi connectivity index (χ0n) is 10.6. The largest absolute Gasteiger partial charge is 0.207 e. The van der Waals surface area contributed by atoms with Gasteiger partial charge in [-0.1, -0.05) is 51.8 Å². The molecular weight excluding hydrogens is 291 g/mol. The molecule has 0 saturated heterocycles. The van der Waals surface area contributed by atoms with Gasteiger partial charge >= 0.3 is 0 Å². The average molecular weight is 307 g/mol. The molecule has 2 heteroatoms. The Labute approximate surface area is 116 Å². The summed E-state index contributed by atoms with van der Waals surface area (Å²) < 4.78 is 12.9. The van der Waals surface area contributed by atoms with E-state index in [2.05, 4.69) is 48.0 Å². The van der Waals surface area contributed by atoms with Gasteiger partial charge in [0.2, 0.25) is 0 Å². The molecule has 2 aromatic rings. The van der Waals surface area contributed by atoms with E-state index in [1.807, 2.05) is 12.1 Å². The highest BCUT2D eigenvalue weighted by Gasteiger charge is 2.10. The van der Waals surface area contributed by atoms with Crippen molar-refractivity contribution in [3.05, 3.63) is 70.5 Å². The first-order valence-corrected chi connectivity index (χ1v) is 6.93. The second kappa shape index (κ2) is 5.66. The maximum Gasteiger partial charge on any atom is 0.123 e. The molecule has 18 heavy (non-hydrogen) atoms. The maximum atomic E-state index is 12.9. The SMILES string of the molecule is Cc1ccc(C)c(CC(Br)c2ccc(F)cc2)c1. The minimum atomic E-state index is -0.190. The van der Waals surface area contributed by atoms with Gasteiger partial charge in [0, 0.05) is 4.83 Å². The van der Waals surface area contributed by atoms with Gasteiger partial charge in [-0.3, -0.25) is 0 Å². The number of benzene rings is 2. The summed E-state index contributed by atoms with van der Waals surface area (Å²) in [5, 5.41) is 0. The first-order valence-electron chi connectivity index (χ1n) is 6.02. The number of hydrogen-bond acceptors (Lipinski definition) is 0. The van der Waals surface area contributed by atoms with Crippen LogP contribution in [0.25, 0.3) is 0 Å². The van der Waals surface area contributed by atoms with Crippen LogP contribution < -0.4 is 0 Å². The summed E-state index contributed by atoms with van der Waals surface area (Å²) in [4.78, 5) is 0.221. The monoisotopic (exact) mass is 306 g/mol. The van der Waals surface area contributed by atoms with Crippen LogP contribution in [-0.2, 0) is 6.42 Å². The van der Waals surface area contributed by atoms with Crippen LogP contribution in [0.1, 0.15) is 27.1 Å². The molecule has 0 nitrogen and oxygen atoms in total. The number of rotatable bonds is 3. The summed E-state index contributed by atoms with van der Waals surface area (Å²) in [5.74, 6) is -0.190. The van der Waals surface area contributed by atoms with Crippen molar-refractivity contribution >= 4 is 15.9 Å². The molecule has 94 valence electrons. The Balaban J connectivity index is 2.18. The first-order chi connectivity index (χ1) is 8.56. The van der Waals surface area contributed by atoms with Crippen molar-refractivity contribution in [2.75, 3.05) is 0 Å². The van der Waals surface area contributed by atoms with E-state index in [0.717, 1.165) is 12.0 Å². The van der Waals surface area contributed by atoms with Gasteiger partial charge in [0.15, 0.2) is 0 Å². The van der Waals surface area contributed by atoms with Crippen LogP contribution in [0.3, 0.4) is 0 Å². The maximum absolute atomic E-state index is 12.9. The van der Waals surface area contributed by atoms with Crippen LogP contribution in [0.2, 0.25) is 0 Å². The van der Waals surface area contributed by atoms with E-state index in [9.17, 15) is 4.39 Å². The smallest absolute Gasteiger partial charge is 0.123 e. The Morgan fingerprint density at radius 3 is 2.39 bits per heavy atom. The molecule has 0 aliphatic heterocycles. The summed E-state index contributed by atoms with van der Waals surface area (Å²) in [6, 6.07) is 13.2. The van der Waals surface area contributed by atoms with E-state index < -0.39 is 0 Å². The standard InChI is InChI=1S/C16H16BrF/c1-11-3-4-12(2)14(9-11)10-16(17)13-5-7-15(18)8-6-13/h3-9,16H,10H2,1-2H3. The topological polar surface area (TPSA) is 0 Å². The molecule has 0 bridgehead atoms. The lowest BCUT2D eigenvalue weighted by Gasteiger charge is -2.13. The molecule has 0 amide bonds. The van der Waals surface area contributed by atoms with Gasteiger partial charge in [-0.2, -0.15) is 0 Å². The number of aryl methyl sites for hydroxylation is 2. The van der Waals surface area contributed by atoms with Crippen molar-refractivity contribution in [1.82, 2.24) is 0 Å². The lowest BCUT2D eigenvalue weighted by Crippen LogP contribution is -1.98. The Morgan fingerprint density at radius 1 is 1.06 bits per heavy atom. The molecule has 0 N–H and O–H groups in total. The lowest BCUT2D eigenvalue weighted by molar-refractivity contribution is 0.627. The van der Waals surface area contributed by atoms with Crippen molar-refractivity contribution in [3.8, 4) is 0 Å². The van der Waals surface area contributed by atoms with Crippen LogP contribution in [0.4, 0.5) is 4.39 Å². The van der Waals surface area contributed by atoms with Crippen LogP contribution >= 0.6 is 15.9 Å². The molecule has 2 aromatic carbocycles. The normalized spacial score (nSPS) is 12.4. The van der Waals surface area contributed by atoms with Gasteiger partial charge in [-0.15, -0.1) is 0 Å². The summed E-state index contributed by atoms with van der Waals surface area (Å²) in [6.45, 7) is 4.23. The zero-order chi connectivity index (χ0) is 13.1. The van der Waals surface area contributed by atoms with Crippen LogP contribution in [0.15, 0.2) is 42.5 Å². The molecule has 0 spiro atoms. The van der Waals surface area contributed by atoms with Gasteiger partial charge in [0.1, 0.15) is 5.82 Å². The predicted octanol–water partition coefficient (Wildman–Crippen LogP) is 5.12. The second-order valence-corrected chi connectivity index (χ2v) is 5.76. The Hall–Kier alpha value is -1.15. The fraction of sp³-hybridized carbons (Fsp3) is 0.250. The van der Waals surface area contributed by atoms with Crippen LogP contribution in [-0.4, -0.2) is 0 Å². The van der Waals surface area contributed by atoms with Gasteiger partial charge in [0.25, 0.3) is 0 Å². The highest BCUT2D eigenvalue weighted by molar-refractivity contribution is 9.09. The molecule has 0 aromatic heterocycles. The predicted molar refractivity (Wildman–Crippen MR) is 77.7 cm³/mol. The molecule has 1 atom stereocenters. The molecule has 0 aliphatic rings. The third-order valence-electron chi connectivity index (χ3n) is 3.14. The van der Waals surface area contributed by atoms with Gasteiger partial charge < -0.3 is 0 Å². The highest BCUT2D eigenvalue weighted by Crippen LogP contribution is 2.28. The summed E-state index contributed by atoms with van der Waals surface area (Å²) in [7, 11) is 0. The lowest BCUT2D eigenvalue weighted by atomic mass is 9.99. The number of alkyl halides is 1. The number of halogens is 2. The van der Waals surface area contributed by atoms with E-state index in [1.54, 1.807) is 0 Å². The van der Waals surface area contributed by atoms with Crippen molar-refractivity contribution in [3.63, 3.8) is 0 Å². The second-order valence-electron chi connectivity index (χ2n) is 4.65. The fourth-order valence-corrected chi connectivity index (χ4v) is 2.66. The van der Waals surface area contributed by atoms with Crippen molar-refractivity contribution < 1.29 is 4.39 Å². The molecule has 0 saturated carbocycles. The molecule has 0 radical (unpaired) electrons. The van der Waals surface area contributed by atoms with E-state index in [4.69, 9.17) is 0 Å². The molecule has 0 aliphatic carbocycles. The third kappa shape index (κ3) is 3.20. The first kappa shape index (κ1) is 13.3. The molecule has 0 fully saturated rings. The third-order valence-corrected chi connectivity index (χ3v) is 3.99. The Kier molecular flexibility index (Phi) is 4.18. The van der Waals surface area contributed by atoms with Crippen molar-refractivity contribution in [2.45, 2.75) is 25.1 Å². The minimum absolute atomic E-state index is 0.190. The quantitative estimate of drug-likeness (QED) is 0.690. The minimum Gasteiger partial charge on any atom is -0.207 e. The summed E-state index contributed by atoms with van der Waals surface area (Å²) >= 11 is 3.68. The van der Waals surface area contributed by atoms with Gasteiger partial charge in [0.05, 0.1) is 0 Å². The van der Waals surface area contributed by atoms with E-state index in [0.29, 0.717) is 0 Å². The average Bonchev–Trinajstić information content (AvgIpc) is 2.34. The molecule has 1 unspecified atom stereocenters. The highest BCUT2D eigenvalue weighted by atomic mass is 79.9. The Morgan fingerprint density at radius 2 is 1.72 bits per heavy atom. The van der Waals surface area contributed by atoms with E-state index in [1.165, 1.54) is 28.8 Å². The summed E-state index contributed by atoms with van der Waals surface area (Å²) in [6.07, 6.45) is 0.916. The number of hydrogen-bond donors (Lipinski definition) is 0. The molecule has 0 heterocycles. The van der Waals surface area contributed by atoms with Crippen LogP contribution in [0.5, 0.6) is 0 Å². The zero-order valence-corrected chi connectivity index (χ0v) is 12.2.